The average molecular weight is 240 g/mol. The molecule has 0 atom stereocenters. The Hall–Kier alpha value is -0.520. The maximum absolute atomic E-state index is 5.50. The lowest BCUT2D eigenvalue weighted by Crippen LogP contribution is -2.17. The van der Waals surface area contributed by atoms with Gasteiger partial charge in [-0.25, -0.2) is 0 Å². The van der Waals surface area contributed by atoms with Crippen molar-refractivity contribution in [3.05, 3.63) is 0 Å². The van der Waals surface area contributed by atoms with Gasteiger partial charge in [-0.3, -0.25) is 0 Å². The van der Waals surface area contributed by atoms with Gasteiger partial charge in [-0.05, 0) is 33.1 Å². The number of hydrogen-bond donors (Lipinski definition) is 0. The van der Waals surface area contributed by atoms with E-state index in [2.05, 4.69) is 18.8 Å². The molecular weight excluding hydrogens is 212 g/mol. The zero-order valence-electron chi connectivity index (χ0n) is 11.8. The molecule has 0 aliphatic rings. The summed E-state index contributed by atoms with van der Waals surface area (Å²) in [6, 6.07) is 0. The summed E-state index contributed by atoms with van der Waals surface area (Å²) in [5.41, 5.74) is 0. The van der Waals surface area contributed by atoms with E-state index in [-0.39, 0.29) is 6.29 Å². The van der Waals surface area contributed by atoms with Crippen LogP contribution in [0, 0.1) is 11.8 Å². The first-order valence-corrected chi connectivity index (χ1v) is 7.04. The van der Waals surface area contributed by atoms with Crippen LogP contribution in [0.4, 0.5) is 0 Å². The second-order valence-electron chi connectivity index (χ2n) is 4.00. The molecule has 2 heteroatoms. The average Bonchev–Trinajstić information content (AvgIpc) is 2.33. The third-order valence-electron chi connectivity index (χ3n) is 2.50. The predicted octanol–water partition coefficient (Wildman–Crippen LogP) is 4.14. The highest BCUT2D eigenvalue weighted by atomic mass is 16.7. The van der Waals surface area contributed by atoms with E-state index in [0.29, 0.717) is 0 Å². The van der Waals surface area contributed by atoms with E-state index in [1.807, 2.05) is 13.8 Å². The molecule has 17 heavy (non-hydrogen) atoms. The monoisotopic (exact) mass is 240 g/mol. The predicted molar refractivity (Wildman–Crippen MR) is 72.8 cm³/mol. The first-order chi connectivity index (χ1) is 8.35. The van der Waals surface area contributed by atoms with Crippen LogP contribution in [0.3, 0.4) is 0 Å². The quantitative estimate of drug-likeness (QED) is 0.324. The topological polar surface area (TPSA) is 18.5 Å². The molecule has 0 aromatic carbocycles. The Morgan fingerprint density at radius 2 is 1.47 bits per heavy atom. The van der Waals surface area contributed by atoms with Gasteiger partial charge in [-0.1, -0.05) is 19.8 Å². The molecule has 2 nitrogen and oxygen atoms in total. The molecule has 0 aromatic rings. The summed E-state index contributed by atoms with van der Waals surface area (Å²) in [6.07, 6.45) is 7.98. The van der Waals surface area contributed by atoms with Crippen molar-refractivity contribution in [1.82, 2.24) is 0 Å². The van der Waals surface area contributed by atoms with E-state index in [1.165, 1.54) is 25.7 Å². The van der Waals surface area contributed by atoms with E-state index in [9.17, 15) is 0 Å². The minimum Gasteiger partial charge on any atom is -0.353 e. The van der Waals surface area contributed by atoms with Crippen LogP contribution < -0.4 is 0 Å². The molecule has 0 aromatic heterocycles. The molecule has 0 saturated carbocycles. The van der Waals surface area contributed by atoms with Gasteiger partial charge in [0.15, 0.2) is 6.29 Å². The van der Waals surface area contributed by atoms with Crippen molar-refractivity contribution in [3.63, 3.8) is 0 Å². The summed E-state index contributed by atoms with van der Waals surface area (Å²) in [4.78, 5) is 0. The van der Waals surface area contributed by atoms with Crippen LogP contribution in [0.2, 0.25) is 0 Å². The fraction of sp³-hybridized carbons (Fsp3) is 0.867. The minimum absolute atomic E-state index is 0.00452. The van der Waals surface area contributed by atoms with Crippen LogP contribution in [-0.4, -0.2) is 19.5 Å². The molecular formula is C15H28O2. The highest BCUT2D eigenvalue weighted by molar-refractivity contribution is 4.97. The lowest BCUT2D eigenvalue weighted by atomic mass is 10.1. The van der Waals surface area contributed by atoms with Crippen molar-refractivity contribution in [2.45, 2.75) is 72.0 Å². The van der Waals surface area contributed by atoms with E-state index in [0.717, 1.165) is 32.5 Å². The van der Waals surface area contributed by atoms with Crippen molar-refractivity contribution in [2.75, 3.05) is 13.2 Å². The zero-order chi connectivity index (χ0) is 12.8. The van der Waals surface area contributed by atoms with Crippen molar-refractivity contribution >= 4 is 0 Å². The summed E-state index contributed by atoms with van der Waals surface area (Å²) >= 11 is 0. The second-order valence-corrected chi connectivity index (χ2v) is 4.00. The summed E-state index contributed by atoms with van der Waals surface area (Å²) in [5.74, 6) is 6.28. The van der Waals surface area contributed by atoms with Crippen LogP contribution in [0.15, 0.2) is 0 Å². The molecule has 0 unspecified atom stereocenters. The Labute approximate surface area is 107 Å². The summed E-state index contributed by atoms with van der Waals surface area (Å²) in [7, 11) is 0. The largest absolute Gasteiger partial charge is 0.353 e. The molecule has 0 fully saturated rings. The van der Waals surface area contributed by atoms with Gasteiger partial charge in [-0.2, -0.15) is 0 Å². The lowest BCUT2D eigenvalue weighted by molar-refractivity contribution is -0.140. The molecule has 0 aliphatic heterocycles. The Morgan fingerprint density at radius 1 is 0.824 bits per heavy atom. The van der Waals surface area contributed by atoms with Gasteiger partial charge in [0, 0.05) is 26.1 Å². The Morgan fingerprint density at radius 3 is 2.06 bits per heavy atom. The highest BCUT2D eigenvalue weighted by Gasteiger charge is 2.06. The van der Waals surface area contributed by atoms with Gasteiger partial charge in [0.2, 0.25) is 0 Å². The van der Waals surface area contributed by atoms with Crippen molar-refractivity contribution < 1.29 is 9.47 Å². The minimum atomic E-state index is 0.00452. The van der Waals surface area contributed by atoms with Gasteiger partial charge in [-0.15, -0.1) is 11.8 Å². The van der Waals surface area contributed by atoms with Crippen molar-refractivity contribution in [2.24, 2.45) is 0 Å². The molecule has 0 N–H and O–H groups in total. The van der Waals surface area contributed by atoms with Gasteiger partial charge >= 0.3 is 0 Å². The Kier molecular flexibility index (Phi) is 13.1. The van der Waals surface area contributed by atoms with Crippen LogP contribution in [0.1, 0.15) is 65.7 Å². The van der Waals surface area contributed by atoms with E-state index in [4.69, 9.17) is 9.47 Å². The van der Waals surface area contributed by atoms with Crippen molar-refractivity contribution in [1.29, 1.82) is 0 Å². The summed E-state index contributed by atoms with van der Waals surface area (Å²) in [6.45, 7) is 7.58. The summed E-state index contributed by atoms with van der Waals surface area (Å²) < 4.78 is 11.0. The third-order valence-corrected chi connectivity index (χ3v) is 2.50. The van der Waals surface area contributed by atoms with Gasteiger partial charge in [0.25, 0.3) is 0 Å². The number of ether oxygens (including phenoxy) is 2. The first-order valence-electron chi connectivity index (χ1n) is 7.04. The number of rotatable bonds is 10. The molecule has 0 heterocycles. The molecule has 0 radical (unpaired) electrons. The van der Waals surface area contributed by atoms with Crippen LogP contribution in [0.25, 0.3) is 0 Å². The molecule has 0 bridgehead atoms. The highest BCUT2D eigenvalue weighted by Crippen LogP contribution is 2.10. The SMILES string of the molecule is CCC#CCCCCCCC(OCC)OCC. The van der Waals surface area contributed by atoms with Crippen LogP contribution in [-0.2, 0) is 9.47 Å². The number of hydrogen-bond acceptors (Lipinski definition) is 2. The molecule has 0 aliphatic carbocycles. The summed E-state index contributed by atoms with van der Waals surface area (Å²) in [5, 5.41) is 0. The maximum atomic E-state index is 5.50. The van der Waals surface area contributed by atoms with Gasteiger partial charge in [0.1, 0.15) is 0 Å². The second kappa shape index (κ2) is 13.5. The standard InChI is InChI=1S/C15H28O2/c1-4-7-8-9-10-11-12-13-14-15(16-5-2)17-6-3/h15H,4-6,9-14H2,1-3H3. The fourth-order valence-corrected chi connectivity index (χ4v) is 1.68. The van der Waals surface area contributed by atoms with Crippen molar-refractivity contribution in [3.8, 4) is 11.8 Å². The van der Waals surface area contributed by atoms with Crippen LogP contribution in [0.5, 0.6) is 0 Å². The van der Waals surface area contributed by atoms with Crippen LogP contribution >= 0.6 is 0 Å². The van der Waals surface area contributed by atoms with E-state index < -0.39 is 0 Å². The molecule has 0 spiro atoms. The maximum Gasteiger partial charge on any atom is 0.157 e. The van der Waals surface area contributed by atoms with E-state index in [1.54, 1.807) is 0 Å². The smallest absolute Gasteiger partial charge is 0.157 e. The molecule has 0 saturated heterocycles. The normalized spacial score (nSPS) is 10.4. The number of unbranched alkanes of at least 4 members (excludes halogenated alkanes) is 4. The van der Waals surface area contributed by atoms with E-state index >= 15 is 0 Å². The Bertz CT molecular complexity index is 197. The molecule has 0 amide bonds. The first kappa shape index (κ1) is 16.5. The lowest BCUT2D eigenvalue weighted by Gasteiger charge is -2.16. The fourth-order valence-electron chi connectivity index (χ4n) is 1.68. The third kappa shape index (κ3) is 11.7. The zero-order valence-corrected chi connectivity index (χ0v) is 11.8. The van der Waals surface area contributed by atoms with Gasteiger partial charge < -0.3 is 9.47 Å². The molecule has 100 valence electrons. The van der Waals surface area contributed by atoms with Gasteiger partial charge in [0.05, 0.1) is 0 Å². The Balaban J connectivity index is 3.35. The molecule has 0 rings (SSSR count).